The Hall–Kier alpha value is -0.810. The number of aliphatic hydroxyl groups excluding tert-OH is 1. The lowest BCUT2D eigenvalue weighted by Crippen LogP contribution is -2.33. The van der Waals surface area contributed by atoms with E-state index in [-0.39, 0.29) is 6.61 Å². The van der Waals surface area contributed by atoms with Gasteiger partial charge in [-0.05, 0) is 42.3 Å². The Morgan fingerprint density at radius 1 is 1.56 bits per heavy atom. The molecule has 0 bridgehead atoms. The molecule has 0 spiro atoms. The summed E-state index contributed by atoms with van der Waals surface area (Å²) in [6.45, 7) is 5.10. The largest absolute Gasteiger partial charge is 0.396 e. The molecule has 5 heteroatoms. The number of nitrogens with zero attached hydrogens (tertiary/aromatic N) is 2. The summed E-state index contributed by atoms with van der Waals surface area (Å²) in [7, 11) is 0. The van der Waals surface area contributed by atoms with Gasteiger partial charge in [0.25, 0.3) is 0 Å². The fraction of sp³-hybridized carbons (Fsp3) is 0.545. The predicted octanol–water partition coefficient (Wildman–Crippen LogP) is 2.02. The van der Waals surface area contributed by atoms with Crippen molar-refractivity contribution in [2.75, 3.05) is 23.8 Å². The lowest BCUT2D eigenvalue weighted by molar-refractivity contribution is 0.288. The zero-order chi connectivity index (χ0) is 12.1. The molecule has 0 unspecified atom stereocenters. The third kappa shape index (κ3) is 3.35. The highest BCUT2D eigenvalue weighted by atomic mass is 79.9. The molecule has 0 aromatic carbocycles. The standard InChI is InChI=1S/C11H18BrN3O/c1-8(2)15(4-3-5-16)11-10(13)6-9(12)7-14-11/h6-8,16H,3-5,13H2,1-2H3. The topological polar surface area (TPSA) is 62.4 Å². The Kier molecular flexibility index (Phi) is 5.02. The highest BCUT2D eigenvalue weighted by molar-refractivity contribution is 9.10. The molecule has 0 aliphatic heterocycles. The molecule has 0 aliphatic carbocycles. The second-order valence-corrected chi connectivity index (χ2v) is 4.85. The van der Waals surface area contributed by atoms with Gasteiger partial charge in [-0.25, -0.2) is 4.98 Å². The normalized spacial score (nSPS) is 10.8. The molecule has 0 aliphatic rings. The number of nitrogens with two attached hydrogens (primary N) is 1. The van der Waals surface area contributed by atoms with Crippen LogP contribution in [-0.4, -0.2) is 29.3 Å². The highest BCUT2D eigenvalue weighted by Gasteiger charge is 2.14. The van der Waals surface area contributed by atoms with Crippen molar-refractivity contribution in [2.24, 2.45) is 0 Å². The van der Waals surface area contributed by atoms with E-state index in [2.05, 4.69) is 39.7 Å². The Bertz CT molecular complexity index is 344. The Morgan fingerprint density at radius 3 is 2.75 bits per heavy atom. The van der Waals surface area contributed by atoms with Crippen molar-refractivity contribution in [1.29, 1.82) is 0 Å². The highest BCUT2D eigenvalue weighted by Crippen LogP contribution is 2.25. The molecule has 90 valence electrons. The molecule has 0 amide bonds. The quantitative estimate of drug-likeness (QED) is 0.870. The average molecular weight is 288 g/mol. The van der Waals surface area contributed by atoms with Gasteiger partial charge in [0.15, 0.2) is 5.82 Å². The van der Waals surface area contributed by atoms with Crippen LogP contribution >= 0.6 is 15.9 Å². The van der Waals surface area contributed by atoms with Crippen LogP contribution in [0.5, 0.6) is 0 Å². The fourth-order valence-corrected chi connectivity index (χ4v) is 1.89. The number of nitrogen functional groups attached to an aromatic ring is 1. The minimum absolute atomic E-state index is 0.180. The molecule has 0 saturated carbocycles. The zero-order valence-corrected chi connectivity index (χ0v) is 11.2. The SMILES string of the molecule is CC(C)N(CCCO)c1ncc(Br)cc1N. The molecule has 1 aromatic rings. The molecular formula is C11H18BrN3O. The second kappa shape index (κ2) is 6.06. The zero-order valence-electron chi connectivity index (χ0n) is 9.65. The first-order valence-electron chi connectivity index (χ1n) is 5.34. The summed E-state index contributed by atoms with van der Waals surface area (Å²) in [6.07, 6.45) is 2.45. The van der Waals surface area contributed by atoms with Crippen LogP contribution in [0, 0.1) is 0 Å². The molecule has 0 atom stereocenters. The number of hydrogen-bond acceptors (Lipinski definition) is 4. The molecule has 4 nitrogen and oxygen atoms in total. The smallest absolute Gasteiger partial charge is 0.152 e. The van der Waals surface area contributed by atoms with Gasteiger partial charge in [0.05, 0.1) is 5.69 Å². The maximum absolute atomic E-state index is 8.87. The van der Waals surface area contributed by atoms with E-state index in [9.17, 15) is 0 Å². The van der Waals surface area contributed by atoms with Crippen molar-refractivity contribution in [3.8, 4) is 0 Å². The summed E-state index contributed by atoms with van der Waals surface area (Å²) in [5.74, 6) is 0.784. The summed E-state index contributed by atoms with van der Waals surface area (Å²) in [5.41, 5.74) is 6.59. The van der Waals surface area contributed by atoms with Gasteiger partial charge in [-0.2, -0.15) is 0 Å². The van der Waals surface area contributed by atoms with Crippen molar-refractivity contribution in [2.45, 2.75) is 26.3 Å². The van der Waals surface area contributed by atoms with E-state index in [0.717, 1.165) is 23.3 Å². The molecule has 1 aromatic heterocycles. The summed E-state index contributed by atoms with van der Waals surface area (Å²) >= 11 is 3.33. The van der Waals surface area contributed by atoms with Gasteiger partial charge >= 0.3 is 0 Å². The molecule has 0 saturated heterocycles. The number of rotatable bonds is 5. The van der Waals surface area contributed by atoms with E-state index >= 15 is 0 Å². The van der Waals surface area contributed by atoms with E-state index in [0.29, 0.717) is 11.7 Å². The summed E-state index contributed by atoms with van der Waals surface area (Å²) < 4.78 is 0.875. The summed E-state index contributed by atoms with van der Waals surface area (Å²) in [6, 6.07) is 2.15. The molecule has 1 heterocycles. The van der Waals surface area contributed by atoms with Crippen LogP contribution in [0.4, 0.5) is 11.5 Å². The maximum Gasteiger partial charge on any atom is 0.152 e. The molecule has 0 radical (unpaired) electrons. The van der Waals surface area contributed by atoms with Crippen LogP contribution in [-0.2, 0) is 0 Å². The minimum Gasteiger partial charge on any atom is -0.396 e. The molecule has 0 fully saturated rings. The van der Waals surface area contributed by atoms with Crippen LogP contribution in [0.25, 0.3) is 0 Å². The van der Waals surface area contributed by atoms with Crippen LogP contribution in [0.2, 0.25) is 0 Å². The van der Waals surface area contributed by atoms with Crippen molar-refractivity contribution in [3.05, 3.63) is 16.7 Å². The summed E-state index contributed by atoms with van der Waals surface area (Å²) in [5, 5.41) is 8.87. The lowest BCUT2D eigenvalue weighted by Gasteiger charge is -2.28. The Labute approximate surface area is 105 Å². The van der Waals surface area contributed by atoms with Crippen molar-refractivity contribution in [1.82, 2.24) is 4.98 Å². The summed E-state index contributed by atoms with van der Waals surface area (Å²) in [4.78, 5) is 6.42. The van der Waals surface area contributed by atoms with Gasteiger partial charge in [0.2, 0.25) is 0 Å². The predicted molar refractivity (Wildman–Crippen MR) is 70.5 cm³/mol. The lowest BCUT2D eigenvalue weighted by atomic mass is 10.2. The van der Waals surface area contributed by atoms with Crippen LogP contribution in [0.15, 0.2) is 16.7 Å². The van der Waals surface area contributed by atoms with Gasteiger partial charge < -0.3 is 15.7 Å². The van der Waals surface area contributed by atoms with E-state index in [4.69, 9.17) is 10.8 Å². The monoisotopic (exact) mass is 287 g/mol. The van der Waals surface area contributed by atoms with Gasteiger partial charge in [-0.1, -0.05) is 0 Å². The van der Waals surface area contributed by atoms with E-state index < -0.39 is 0 Å². The number of aromatic nitrogens is 1. The number of halogens is 1. The van der Waals surface area contributed by atoms with Gasteiger partial charge in [-0.15, -0.1) is 0 Å². The molecular weight excluding hydrogens is 270 g/mol. The van der Waals surface area contributed by atoms with E-state index in [1.807, 2.05) is 6.07 Å². The molecule has 3 N–H and O–H groups in total. The Balaban J connectivity index is 2.92. The first-order valence-corrected chi connectivity index (χ1v) is 6.14. The van der Waals surface area contributed by atoms with Gasteiger partial charge in [-0.3, -0.25) is 0 Å². The molecule has 1 rings (SSSR count). The third-order valence-electron chi connectivity index (χ3n) is 2.31. The molecule has 16 heavy (non-hydrogen) atoms. The first-order chi connectivity index (χ1) is 7.56. The third-order valence-corrected chi connectivity index (χ3v) is 2.75. The number of aliphatic hydroxyl groups is 1. The van der Waals surface area contributed by atoms with Crippen LogP contribution in [0.1, 0.15) is 20.3 Å². The Morgan fingerprint density at radius 2 is 2.25 bits per heavy atom. The van der Waals surface area contributed by atoms with Crippen LogP contribution < -0.4 is 10.6 Å². The van der Waals surface area contributed by atoms with Crippen molar-refractivity contribution in [3.63, 3.8) is 0 Å². The number of hydrogen-bond donors (Lipinski definition) is 2. The first kappa shape index (κ1) is 13.3. The van der Waals surface area contributed by atoms with Crippen molar-refractivity contribution < 1.29 is 5.11 Å². The van der Waals surface area contributed by atoms with Gasteiger partial charge in [0.1, 0.15) is 0 Å². The van der Waals surface area contributed by atoms with E-state index in [1.54, 1.807) is 6.20 Å². The maximum atomic E-state index is 8.87. The second-order valence-electron chi connectivity index (χ2n) is 3.93. The van der Waals surface area contributed by atoms with Crippen molar-refractivity contribution >= 4 is 27.4 Å². The van der Waals surface area contributed by atoms with Crippen LogP contribution in [0.3, 0.4) is 0 Å². The minimum atomic E-state index is 0.180. The van der Waals surface area contributed by atoms with E-state index in [1.165, 1.54) is 0 Å². The number of pyridine rings is 1. The fourth-order valence-electron chi connectivity index (χ4n) is 1.54. The van der Waals surface area contributed by atoms with Gasteiger partial charge in [0, 0.05) is 29.9 Å². The number of anilines is 2. The average Bonchev–Trinajstić information content (AvgIpc) is 2.20.